The van der Waals surface area contributed by atoms with Crippen molar-refractivity contribution in [1.82, 2.24) is 0 Å². The Balaban J connectivity index is 0.917. The molecule has 0 saturated heterocycles. The number of sulfone groups is 1. The zero-order valence-corrected chi connectivity index (χ0v) is 35.3. The maximum absolute atomic E-state index is 14.4. The van der Waals surface area contributed by atoms with E-state index < -0.39 is 9.84 Å². The lowest BCUT2D eigenvalue weighted by Gasteiger charge is -2.42. The second-order valence-electron chi connectivity index (χ2n) is 17.7. The van der Waals surface area contributed by atoms with Gasteiger partial charge < -0.3 is 4.90 Å². The summed E-state index contributed by atoms with van der Waals surface area (Å²) in [6, 6.07) is 61.7. The smallest absolute Gasteiger partial charge is 0.208 e. The highest BCUT2D eigenvalue weighted by atomic mass is 32.2. The maximum Gasteiger partial charge on any atom is 0.208 e. The van der Waals surface area contributed by atoms with Gasteiger partial charge in [0.25, 0.3) is 0 Å². The highest BCUT2D eigenvalue weighted by Gasteiger charge is 2.39. The van der Waals surface area contributed by atoms with Crippen LogP contribution in [0.15, 0.2) is 192 Å². The first-order valence-electron chi connectivity index (χ1n) is 20.9. The van der Waals surface area contributed by atoms with Gasteiger partial charge in [-0.3, -0.25) is 4.79 Å². The number of anilines is 3. The molecule has 2 heterocycles. The van der Waals surface area contributed by atoms with Gasteiger partial charge in [-0.1, -0.05) is 161 Å². The Morgan fingerprint density at radius 1 is 0.443 bits per heavy atom. The molecule has 0 spiro atoms. The summed E-state index contributed by atoms with van der Waals surface area (Å²) >= 11 is 0. The summed E-state index contributed by atoms with van der Waals surface area (Å²) in [6.45, 7) is 9.15. The molecule has 0 aromatic heterocycles. The van der Waals surface area contributed by atoms with Gasteiger partial charge in [-0.05, 0) is 110 Å². The molecule has 2 aliphatic heterocycles. The lowest BCUT2D eigenvalue weighted by molar-refractivity contribution is 0.103. The Morgan fingerprint density at radius 2 is 0.836 bits per heavy atom. The number of hydrogen-bond donors (Lipinski definition) is 0. The summed E-state index contributed by atoms with van der Waals surface area (Å²) in [7, 11) is -3.93. The van der Waals surface area contributed by atoms with Crippen molar-refractivity contribution in [2.75, 3.05) is 4.90 Å². The molecule has 1 aliphatic carbocycles. The molecule has 296 valence electrons. The first-order chi connectivity index (χ1) is 29.4. The van der Waals surface area contributed by atoms with Crippen molar-refractivity contribution in [3.8, 4) is 22.3 Å². The number of hydrogen-bond acceptors (Lipinski definition) is 4. The standard InChI is InChI=1S/C56H43NO3S/c1-55(2)45-15-7-5-13-41(45)53(42-14-6-8-16-46(42)55)37-23-21-35(22-24-37)38-27-31-51-43(33-38)54(58)44-34-39(28-32-52(44)61(51,59)60)36-25-29-40(30-26-36)57-49-19-11-9-17-47(49)56(3,4)48-18-10-12-20-50(48)57/h5-34,53H,1-4H3. The van der Waals surface area contributed by atoms with Gasteiger partial charge in [-0.2, -0.15) is 0 Å². The molecule has 8 aromatic rings. The van der Waals surface area contributed by atoms with Gasteiger partial charge in [0.2, 0.25) is 9.84 Å². The van der Waals surface area contributed by atoms with E-state index in [9.17, 15) is 13.2 Å². The van der Waals surface area contributed by atoms with Crippen LogP contribution < -0.4 is 4.90 Å². The predicted octanol–water partition coefficient (Wildman–Crippen LogP) is 13.3. The molecular formula is C56H43NO3S. The van der Waals surface area contributed by atoms with E-state index in [2.05, 4.69) is 166 Å². The second kappa shape index (κ2) is 13.3. The number of benzene rings is 8. The highest BCUT2D eigenvalue weighted by Crippen LogP contribution is 2.52. The molecule has 0 unspecified atom stereocenters. The molecule has 0 atom stereocenters. The van der Waals surface area contributed by atoms with Gasteiger partial charge in [-0.25, -0.2) is 8.42 Å². The van der Waals surface area contributed by atoms with E-state index in [1.807, 2.05) is 18.2 Å². The minimum atomic E-state index is -3.93. The van der Waals surface area contributed by atoms with Crippen molar-refractivity contribution in [3.63, 3.8) is 0 Å². The van der Waals surface area contributed by atoms with E-state index in [1.54, 1.807) is 30.3 Å². The highest BCUT2D eigenvalue weighted by molar-refractivity contribution is 7.91. The van der Waals surface area contributed by atoms with E-state index in [0.29, 0.717) is 0 Å². The zero-order chi connectivity index (χ0) is 41.8. The molecule has 61 heavy (non-hydrogen) atoms. The molecule has 0 radical (unpaired) electrons. The number of carbonyl (C=O) groups is 1. The fourth-order valence-corrected chi connectivity index (χ4v) is 12.0. The van der Waals surface area contributed by atoms with Gasteiger partial charge in [-0.15, -0.1) is 0 Å². The molecule has 0 N–H and O–H groups in total. The number of para-hydroxylation sites is 2. The number of nitrogens with zero attached hydrogens (tertiary/aromatic N) is 1. The van der Waals surface area contributed by atoms with Crippen LogP contribution in [-0.2, 0) is 20.7 Å². The van der Waals surface area contributed by atoms with Gasteiger partial charge >= 0.3 is 0 Å². The van der Waals surface area contributed by atoms with Crippen LogP contribution in [-0.4, -0.2) is 14.2 Å². The normalized spacial score (nSPS) is 16.3. The van der Waals surface area contributed by atoms with Gasteiger partial charge in [0, 0.05) is 33.6 Å². The lowest BCUT2D eigenvalue weighted by atomic mass is 9.64. The van der Waals surface area contributed by atoms with Crippen LogP contribution in [0, 0.1) is 0 Å². The molecule has 0 amide bonds. The van der Waals surface area contributed by atoms with Crippen LogP contribution in [0.3, 0.4) is 0 Å². The van der Waals surface area contributed by atoms with Crippen molar-refractivity contribution in [3.05, 3.63) is 232 Å². The summed E-state index contributed by atoms with van der Waals surface area (Å²) in [4.78, 5) is 16.8. The van der Waals surface area contributed by atoms with Crippen molar-refractivity contribution in [1.29, 1.82) is 0 Å². The minimum Gasteiger partial charge on any atom is -0.310 e. The third kappa shape index (κ3) is 5.50. The fraction of sp³-hybridized carbons (Fsp3) is 0.125. The Morgan fingerprint density at radius 3 is 1.33 bits per heavy atom. The van der Waals surface area contributed by atoms with Crippen LogP contribution in [0.4, 0.5) is 17.1 Å². The quantitative estimate of drug-likeness (QED) is 0.178. The first-order valence-corrected chi connectivity index (χ1v) is 22.4. The Bertz CT molecular complexity index is 2920. The van der Waals surface area contributed by atoms with Crippen LogP contribution >= 0.6 is 0 Å². The molecule has 0 bridgehead atoms. The average Bonchev–Trinajstić information content (AvgIpc) is 3.29. The molecule has 8 aromatic carbocycles. The molecular weight excluding hydrogens is 767 g/mol. The SMILES string of the molecule is CC1(C)c2ccccc2C(c2ccc(-c3ccc4c(c3)C(=O)c3cc(-c5ccc(N6c7ccccc7C(C)(C)c7ccccc76)cc5)ccc3S4(=O)=O)cc2)c2ccccc21. The number of fused-ring (bicyclic) bond motifs is 6. The van der Waals surface area contributed by atoms with E-state index in [-0.39, 0.29) is 43.4 Å². The minimum absolute atomic E-state index is 0.0443. The topological polar surface area (TPSA) is 54.5 Å². The van der Waals surface area contributed by atoms with Gasteiger partial charge in [0.15, 0.2) is 5.78 Å². The van der Waals surface area contributed by atoms with E-state index in [0.717, 1.165) is 39.3 Å². The molecule has 0 saturated carbocycles. The summed E-state index contributed by atoms with van der Waals surface area (Å²) in [5.41, 5.74) is 15.8. The summed E-state index contributed by atoms with van der Waals surface area (Å²) in [5.74, 6) is -0.212. The third-order valence-electron chi connectivity index (χ3n) is 13.6. The van der Waals surface area contributed by atoms with Crippen molar-refractivity contribution < 1.29 is 13.2 Å². The average molecular weight is 810 g/mol. The molecule has 11 rings (SSSR count). The van der Waals surface area contributed by atoms with E-state index in [1.165, 1.54) is 38.9 Å². The Labute approximate surface area is 357 Å². The summed E-state index contributed by atoms with van der Waals surface area (Å²) in [5, 5.41) is 0. The van der Waals surface area contributed by atoms with Crippen molar-refractivity contribution in [2.45, 2.75) is 54.2 Å². The lowest BCUT2D eigenvalue weighted by Crippen LogP contribution is -2.30. The second-order valence-corrected chi connectivity index (χ2v) is 19.5. The summed E-state index contributed by atoms with van der Waals surface area (Å²) < 4.78 is 28.2. The number of rotatable bonds is 4. The zero-order valence-electron chi connectivity index (χ0n) is 34.5. The van der Waals surface area contributed by atoms with Gasteiger partial charge in [0.05, 0.1) is 21.2 Å². The third-order valence-corrected chi connectivity index (χ3v) is 15.5. The number of ketones is 1. The van der Waals surface area contributed by atoms with Gasteiger partial charge in [0.1, 0.15) is 0 Å². The van der Waals surface area contributed by atoms with E-state index >= 15 is 0 Å². The Hall–Kier alpha value is -6.82. The van der Waals surface area contributed by atoms with Crippen LogP contribution in [0.25, 0.3) is 22.3 Å². The Kier molecular flexibility index (Phi) is 8.14. The van der Waals surface area contributed by atoms with Crippen LogP contribution in [0.1, 0.15) is 88.5 Å². The maximum atomic E-state index is 14.4. The van der Waals surface area contributed by atoms with Crippen LogP contribution in [0.2, 0.25) is 0 Å². The molecule has 0 fully saturated rings. The molecule has 4 nitrogen and oxygen atoms in total. The molecule has 3 aliphatic rings. The van der Waals surface area contributed by atoms with Crippen LogP contribution in [0.5, 0.6) is 0 Å². The first kappa shape index (κ1) is 37.2. The largest absolute Gasteiger partial charge is 0.310 e. The predicted molar refractivity (Wildman–Crippen MR) is 245 cm³/mol. The van der Waals surface area contributed by atoms with E-state index in [4.69, 9.17) is 0 Å². The number of carbonyl (C=O) groups excluding carboxylic acids is 1. The monoisotopic (exact) mass is 809 g/mol. The molecule has 5 heteroatoms. The summed E-state index contributed by atoms with van der Waals surface area (Å²) in [6.07, 6.45) is 0. The van der Waals surface area contributed by atoms with Crippen molar-refractivity contribution >= 4 is 32.7 Å². The van der Waals surface area contributed by atoms with Crippen molar-refractivity contribution in [2.24, 2.45) is 0 Å². The fourth-order valence-electron chi connectivity index (χ4n) is 10.4.